The summed E-state index contributed by atoms with van der Waals surface area (Å²) in [7, 11) is -4.77. The van der Waals surface area contributed by atoms with Crippen molar-refractivity contribution in [2.45, 2.75) is 251 Å². The van der Waals surface area contributed by atoms with Crippen LogP contribution in [0.25, 0.3) is 0 Å². The van der Waals surface area contributed by atoms with Gasteiger partial charge in [-0.2, -0.15) is 0 Å². The van der Waals surface area contributed by atoms with E-state index in [0.717, 1.165) is 141 Å². The van der Waals surface area contributed by atoms with Gasteiger partial charge < -0.3 is 24.2 Å². The fourth-order valence-electron chi connectivity index (χ4n) is 7.69. The molecule has 3 atom stereocenters. The minimum absolute atomic E-state index is 0.131. The fourth-order valence-corrected chi connectivity index (χ4v) is 8.47. The van der Waals surface area contributed by atoms with Crippen LogP contribution in [0.3, 0.4) is 0 Å². The first-order chi connectivity index (χ1) is 37.2. The number of rotatable bonds is 54. The molecule has 0 aliphatic carbocycles. The van der Waals surface area contributed by atoms with Gasteiger partial charge in [0, 0.05) is 19.3 Å². The molecule has 76 heavy (non-hydrogen) atoms. The topological polar surface area (TPSA) is 155 Å². The summed E-state index contributed by atoms with van der Waals surface area (Å²) in [4.78, 5) is 48.6. The van der Waals surface area contributed by atoms with Gasteiger partial charge in [0.05, 0.1) is 19.8 Å². The van der Waals surface area contributed by atoms with E-state index >= 15 is 0 Å². The summed E-state index contributed by atoms with van der Waals surface area (Å²) >= 11 is 0. The Morgan fingerprint density at radius 2 is 0.684 bits per heavy atom. The van der Waals surface area contributed by atoms with Crippen molar-refractivity contribution < 1.29 is 52.2 Å². The Labute approximate surface area is 463 Å². The Bertz CT molecular complexity index is 1690. The number of carbonyl (C=O) groups is 3. The summed E-state index contributed by atoms with van der Waals surface area (Å²) < 4.78 is 39.5. The highest BCUT2D eigenvalue weighted by molar-refractivity contribution is 7.47. The molecular formula is C64H107O11P. The van der Waals surface area contributed by atoms with E-state index in [1.54, 1.807) is 0 Å². The van der Waals surface area contributed by atoms with Crippen LogP contribution in [0.15, 0.2) is 109 Å². The van der Waals surface area contributed by atoms with Crippen molar-refractivity contribution in [3.8, 4) is 0 Å². The van der Waals surface area contributed by atoms with Crippen LogP contribution >= 0.6 is 7.82 Å². The van der Waals surface area contributed by atoms with Gasteiger partial charge in [0.15, 0.2) is 6.10 Å². The van der Waals surface area contributed by atoms with Crippen LogP contribution in [0.2, 0.25) is 0 Å². The standard InChI is InChI=1S/C64H107O11P/c1-4-7-10-13-16-19-22-25-28-30-33-35-38-41-44-47-50-53-62(66)71-57-61(75-64(68)55-52-49-46-43-40-37-34-31-29-26-23-20-17-14-11-8-5-2)59-73-76(69,70)72-58-60(56-65)74-63(67)54-51-48-45-42-39-36-32-27-24-21-18-15-12-9-6-3/h8-9,11-12,16-21,25-29,32,34,37,60-61,65H,4-7,10,13-15,22-24,30-31,33,35-36,38-59H2,1-3H3,(H,69,70)/b11-8-,12-9-,19-16-,20-17-,21-18-,28-25-,29-26-,32-27-,37-34-. The van der Waals surface area contributed by atoms with Crippen molar-refractivity contribution in [1.82, 2.24) is 0 Å². The molecule has 12 heteroatoms. The number of carbonyl (C=O) groups excluding carboxylic acids is 3. The van der Waals surface area contributed by atoms with Crippen LogP contribution in [0.4, 0.5) is 0 Å². The molecule has 0 rings (SSSR count). The molecule has 0 aliphatic heterocycles. The molecule has 0 spiro atoms. The molecular weight excluding hydrogens is 976 g/mol. The lowest BCUT2D eigenvalue weighted by Crippen LogP contribution is -2.30. The first-order valence-corrected chi connectivity index (χ1v) is 31.3. The normalized spacial score (nSPS) is 14.1. The van der Waals surface area contributed by atoms with Crippen LogP contribution in [0.5, 0.6) is 0 Å². The molecule has 3 unspecified atom stereocenters. The third kappa shape index (κ3) is 54.9. The quantitative estimate of drug-likeness (QED) is 0.0197. The SMILES string of the molecule is CC/C=C\C/C=C\C/C=C\C/C=C\CCCCCCC(=O)OC(COC(=O)CCCCCCCCC/C=C\C/C=C\CCCCC)COP(=O)(O)OCC(CO)OC(=O)CCCCCCC/C=C\C/C=C\C/C=C\CC. The highest BCUT2D eigenvalue weighted by Crippen LogP contribution is 2.43. The van der Waals surface area contributed by atoms with E-state index in [-0.39, 0.29) is 25.9 Å². The third-order valence-electron chi connectivity index (χ3n) is 12.2. The molecule has 0 aromatic heterocycles. The second kappa shape index (κ2) is 57.3. The summed E-state index contributed by atoms with van der Waals surface area (Å²) in [5, 5.41) is 9.82. The Balaban J connectivity index is 4.80. The summed E-state index contributed by atoms with van der Waals surface area (Å²) in [5.74, 6) is -1.53. The van der Waals surface area contributed by atoms with Crippen molar-refractivity contribution in [1.29, 1.82) is 0 Å². The average molecular weight is 1080 g/mol. The van der Waals surface area contributed by atoms with Crippen LogP contribution < -0.4 is 0 Å². The maximum absolute atomic E-state index is 12.9. The van der Waals surface area contributed by atoms with Gasteiger partial charge in [-0.15, -0.1) is 0 Å². The Hall–Kier alpha value is -3.86. The number of esters is 3. The van der Waals surface area contributed by atoms with Gasteiger partial charge >= 0.3 is 25.7 Å². The molecule has 0 heterocycles. The zero-order chi connectivity index (χ0) is 55.5. The first-order valence-electron chi connectivity index (χ1n) is 29.8. The molecule has 2 N–H and O–H groups in total. The van der Waals surface area contributed by atoms with Crippen molar-refractivity contribution in [3.63, 3.8) is 0 Å². The van der Waals surface area contributed by atoms with E-state index in [0.29, 0.717) is 19.3 Å². The first kappa shape index (κ1) is 72.1. The lowest BCUT2D eigenvalue weighted by Gasteiger charge is -2.21. The average Bonchev–Trinajstić information content (AvgIpc) is 3.41. The molecule has 0 bridgehead atoms. The number of allylic oxidation sites excluding steroid dienone is 18. The van der Waals surface area contributed by atoms with Crippen LogP contribution in [0.1, 0.15) is 239 Å². The number of aliphatic hydroxyl groups excluding tert-OH is 1. The van der Waals surface area contributed by atoms with Crippen LogP contribution in [-0.2, 0) is 42.2 Å². The van der Waals surface area contributed by atoms with Crippen LogP contribution in [0, 0.1) is 0 Å². The van der Waals surface area contributed by atoms with Gasteiger partial charge in [-0.25, -0.2) is 4.57 Å². The summed E-state index contributed by atoms with van der Waals surface area (Å²) in [5.41, 5.74) is 0. The van der Waals surface area contributed by atoms with Crippen molar-refractivity contribution in [2.75, 3.05) is 26.4 Å². The highest BCUT2D eigenvalue weighted by Gasteiger charge is 2.28. The lowest BCUT2D eigenvalue weighted by atomic mass is 10.1. The predicted molar refractivity (Wildman–Crippen MR) is 316 cm³/mol. The van der Waals surface area contributed by atoms with Gasteiger partial charge in [0.1, 0.15) is 12.7 Å². The van der Waals surface area contributed by atoms with E-state index in [9.17, 15) is 28.9 Å². The highest BCUT2D eigenvalue weighted by atomic mass is 31.2. The zero-order valence-electron chi connectivity index (χ0n) is 47.9. The maximum atomic E-state index is 12.9. The zero-order valence-corrected chi connectivity index (χ0v) is 48.8. The fraction of sp³-hybridized carbons (Fsp3) is 0.672. The Kier molecular flexibility index (Phi) is 54.4. The minimum Gasteiger partial charge on any atom is -0.462 e. The predicted octanol–water partition coefficient (Wildman–Crippen LogP) is 17.8. The summed E-state index contributed by atoms with van der Waals surface area (Å²) in [6, 6.07) is 0. The largest absolute Gasteiger partial charge is 0.472 e. The third-order valence-corrected chi connectivity index (χ3v) is 13.1. The molecule has 0 radical (unpaired) electrons. The van der Waals surface area contributed by atoms with E-state index in [1.807, 2.05) is 0 Å². The number of hydrogen-bond donors (Lipinski definition) is 2. The number of phosphoric ester groups is 1. The Morgan fingerprint density at radius 3 is 1.05 bits per heavy atom. The molecule has 0 aromatic carbocycles. The minimum atomic E-state index is -4.77. The molecule has 0 aliphatic rings. The molecule has 434 valence electrons. The van der Waals surface area contributed by atoms with Gasteiger partial charge in [0.25, 0.3) is 0 Å². The monoisotopic (exact) mass is 1080 g/mol. The molecule has 0 amide bonds. The van der Waals surface area contributed by atoms with E-state index in [1.165, 1.54) is 38.5 Å². The number of ether oxygens (including phenoxy) is 3. The number of hydrogen-bond acceptors (Lipinski definition) is 10. The second-order valence-electron chi connectivity index (χ2n) is 19.4. The van der Waals surface area contributed by atoms with Gasteiger partial charge in [0.2, 0.25) is 0 Å². The maximum Gasteiger partial charge on any atom is 0.472 e. The number of unbranched alkanes of at least 4 members (excludes halogenated alkanes) is 19. The molecule has 0 saturated carbocycles. The van der Waals surface area contributed by atoms with Crippen molar-refractivity contribution >= 4 is 25.7 Å². The van der Waals surface area contributed by atoms with Crippen LogP contribution in [-0.4, -0.2) is 66.5 Å². The van der Waals surface area contributed by atoms with Crippen molar-refractivity contribution in [2.24, 2.45) is 0 Å². The van der Waals surface area contributed by atoms with E-state index in [2.05, 4.69) is 130 Å². The molecule has 0 aromatic rings. The van der Waals surface area contributed by atoms with Gasteiger partial charge in [-0.3, -0.25) is 23.4 Å². The molecule has 0 fully saturated rings. The number of phosphoric acid groups is 1. The van der Waals surface area contributed by atoms with Gasteiger partial charge in [-0.1, -0.05) is 207 Å². The lowest BCUT2D eigenvalue weighted by molar-refractivity contribution is -0.161. The Morgan fingerprint density at radius 1 is 0.382 bits per heavy atom. The number of aliphatic hydroxyl groups is 1. The smallest absolute Gasteiger partial charge is 0.462 e. The molecule has 11 nitrogen and oxygen atoms in total. The molecule has 0 saturated heterocycles. The second-order valence-corrected chi connectivity index (χ2v) is 20.8. The van der Waals surface area contributed by atoms with E-state index in [4.69, 9.17) is 23.3 Å². The summed E-state index contributed by atoms with van der Waals surface area (Å²) in [6.07, 6.45) is 68.9. The van der Waals surface area contributed by atoms with E-state index < -0.39 is 57.8 Å². The van der Waals surface area contributed by atoms with Gasteiger partial charge in [-0.05, 0) is 122 Å². The summed E-state index contributed by atoms with van der Waals surface area (Å²) in [6.45, 7) is 4.34. The van der Waals surface area contributed by atoms with Crippen molar-refractivity contribution in [3.05, 3.63) is 109 Å².